The number of hydrogen-bond acceptors (Lipinski definition) is 1. The number of carbonyl (C=O) groups is 1. The molecule has 0 aliphatic carbocycles. The number of benzene rings is 1. The van der Waals surface area contributed by atoms with Crippen molar-refractivity contribution >= 4 is 40.7 Å². The zero-order valence-electron chi connectivity index (χ0n) is 12.0. The van der Waals surface area contributed by atoms with Gasteiger partial charge in [-0.25, -0.2) is 0 Å². The molecule has 3 nitrogen and oxygen atoms in total. The summed E-state index contributed by atoms with van der Waals surface area (Å²) in [6, 6.07) is 7.30. The number of carbonyl (C=O) groups excluding carboxylic acids is 1. The average molecular weight is 339 g/mol. The van der Waals surface area contributed by atoms with Gasteiger partial charge in [-0.1, -0.05) is 53.0 Å². The minimum Gasteiger partial charge on any atom is -0.319 e. The van der Waals surface area contributed by atoms with Gasteiger partial charge in [0.25, 0.3) is 9.70 Å². The fourth-order valence-electron chi connectivity index (χ4n) is 1.76. The van der Waals surface area contributed by atoms with Crippen molar-refractivity contribution in [1.82, 2.24) is 5.32 Å². The van der Waals surface area contributed by atoms with E-state index in [1.807, 2.05) is 45.1 Å². The van der Waals surface area contributed by atoms with Crippen molar-refractivity contribution in [1.29, 1.82) is 0 Å². The SMILES string of the molecule is Cc1ccccc1C(=O)N[C@@H]([NH2+]C(C)(C)C)C(Cl)(Cl)Cl. The van der Waals surface area contributed by atoms with Crippen LogP contribution in [0.25, 0.3) is 0 Å². The first kappa shape index (κ1) is 17.6. The van der Waals surface area contributed by atoms with E-state index < -0.39 is 9.96 Å². The zero-order valence-corrected chi connectivity index (χ0v) is 14.3. The molecule has 112 valence electrons. The molecule has 1 aromatic carbocycles. The number of rotatable bonds is 3. The summed E-state index contributed by atoms with van der Waals surface area (Å²) in [5.41, 5.74) is 1.27. The molecule has 0 unspecified atom stereocenters. The van der Waals surface area contributed by atoms with Crippen LogP contribution in [-0.4, -0.2) is 21.4 Å². The number of aryl methyl sites for hydroxylation is 1. The van der Waals surface area contributed by atoms with E-state index in [0.29, 0.717) is 5.56 Å². The monoisotopic (exact) mass is 337 g/mol. The van der Waals surface area contributed by atoms with Gasteiger partial charge in [0.15, 0.2) is 0 Å². The smallest absolute Gasteiger partial charge is 0.262 e. The largest absolute Gasteiger partial charge is 0.319 e. The molecule has 0 radical (unpaired) electrons. The summed E-state index contributed by atoms with van der Waals surface area (Å²) in [5, 5.41) is 4.61. The predicted molar refractivity (Wildman–Crippen MR) is 84.4 cm³/mol. The second kappa shape index (κ2) is 6.52. The van der Waals surface area contributed by atoms with Gasteiger partial charge in [0.05, 0.1) is 5.54 Å². The van der Waals surface area contributed by atoms with Crippen LogP contribution in [0.4, 0.5) is 0 Å². The molecule has 0 spiro atoms. The zero-order chi connectivity index (χ0) is 15.6. The van der Waals surface area contributed by atoms with E-state index >= 15 is 0 Å². The Hall–Kier alpha value is -0.480. The summed E-state index contributed by atoms with van der Waals surface area (Å²) in [6.45, 7) is 7.82. The Balaban J connectivity index is 2.91. The topological polar surface area (TPSA) is 45.7 Å². The highest BCUT2D eigenvalue weighted by atomic mass is 35.6. The van der Waals surface area contributed by atoms with Crippen LogP contribution in [0.2, 0.25) is 0 Å². The number of nitrogens with two attached hydrogens (primary N) is 1. The number of halogens is 3. The molecule has 0 saturated heterocycles. The first-order valence-electron chi connectivity index (χ1n) is 6.30. The maximum atomic E-state index is 12.3. The lowest BCUT2D eigenvalue weighted by atomic mass is 10.1. The molecule has 0 heterocycles. The van der Waals surface area contributed by atoms with Crippen molar-refractivity contribution < 1.29 is 10.1 Å². The molecule has 1 atom stereocenters. The van der Waals surface area contributed by atoms with E-state index in [1.54, 1.807) is 12.1 Å². The third-order valence-corrected chi connectivity index (χ3v) is 3.40. The van der Waals surface area contributed by atoms with Crippen LogP contribution >= 0.6 is 34.8 Å². The molecule has 20 heavy (non-hydrogen) atoms. The minimum atomic E-state index is -1.59. The van der Waals surface area contributed by atoms with Gasteiger partial charge in [-0.15, -0.1) is 0 Å². The fourth-order valence-corrected chi connectivity index (χ4v) is 2.12. The normalized spacial score (nSPS) is 13.9. The number of hydrogen-bond donors (Lipinski definition) is 2. The van der Waals surface area contributed by atoms with Gasteiger partial charge in [0.1, 0.15) is 0 Å². The third kappa shape index (κ3) is 5.49. The Kier molecular flexibility index (Phi) is 5.73. The Labute approximate surface area is 135 Å². The molecule has 0 saturated carbocycles. The Bertz CT molecular complexity index is 478. The van der Waals surface area contributed by atoms with E-state index in [9.17, 15) is 4.79 Å². The van der Waals surface area contributed by atoms with Crippen molar-refractivity contribution in [3.8, 4) is 0 Å². The van der Waals surface area contributed by atoms with E-state index in [0.717, 1.165) is 5.56 Å². The van der Waals surface area contributed by atoms with Crippen LogP contribution in [-0.2, 0) is 0 Å². The van der Waals surface area contributed by atoms with Crippen molar-refractivity contribution in [3.63, 3.8) is 0 Å². The molecule has 0 aromatic heterocycles. The highest BCUT2D eigenvalue weighted by Crippen LogP contribution is 2.28. The van der Waals surface area contributed by atoms with Crippen molar-refractivity contribution in [2.75, 3.05) is 0 Å². The van der Waals surface area contributed by atoms with E-state index in [4.69, 9.17) is 34.8 Å². The number of amides is 1. The van der Waals surface area contributed by atoms with Gasteiger partial charge in [0.2, 0.25) is 6.17 Å². The fraction of sp³-hybridized carbons (Fsp3) is 0.500. The summed E-state index contributed by atoms with van der Waals surface area (Å²) in [5.74, 6) is -0.250. The standard InChI is InChI=1S/C14H19Cl3N2O/c1-9-7-5-6-8-10(9)11(20)18-12(14(15,16)17)19-13(2,3)4/h5-8,12,19H,1-4H3,(H,18,20)/p+1/t12-/m0/s1. The maximum Gasteiger partial charge on any atom is 0.262 e. The number of alkyl halides is 3. The van der Waals surface area contributed by atoms with Crippen LogP contribution in [0.3, 0.4) is 0 Å². The Morgan fingerprint density at radius 3 is 2.20 bits per heavy atom. The molecule has 1 amide bonds. The molecule has 1 rings (SSSR count). The summed E-state index contributed by atoms with van der Waals surface area (Å²) in [4.78, 5) is 12.3. The predicted octanol–water partition coefficient (Wildman–Crippen LogP) is 2.78. The molecule has 3 N–H and O–H groups in total. The first-order valence-corrected chi connectivity index (χ1v) is 7.43. The summed E-state index contributed by atoms with van der Waals surface area (Å²) in [7, 11) is 0. The number of quaternary nitrogens is 1. The van der Waals surface area contributed by atoms with Gasteiger partial charge in [0, 0.05) is 5.56 Å². The molecule has 1 aromatic rings. The lowest BCUT2D eigenvalue weighted by Crippen LogP contribution is -3.03. The highest BCUT2D eigenvalue weighted by molar-refractivity contribution is 6.68. The Morgan fingerprint density at radius 1 is 1.20 bits per heavy atom. The first-order chi connectivity index (χ1) is 9.00. The molecular formula is C14H20Cl3N2O+. The van der Waals surface area contributed by atoms with Gasteiger partial charge in [-0.2, -0.15) is 0 Å². The highest BCUT2D eigenvalue weighted by Gasteiger charge is 2.40. The summed E-state index contributed by atoms with van der Waals surface area (Å²) >= 11 is 17.9. The van der Waals surface area contributed by atoms with Crippen molar-refractivity contribution in [3.05, 3.63) is 35.4 Å². The lowest BCUT2D eigenvalue weighted by Gasteiger charge is -2.29. The maximum absolute atomic E-state index is 12.3. The van der Waals surface area contributed by atoms with Crippen LogP contribution in [0.1, 0.15) is 36.7 Å². The molecule has 0 aliphatic heterocycles. The van der Waals surface area contributed by atoms with Crippen LogP contribution < -0.4 is 10.6 Å². The number of nitrogens with one attached hydrogen (secondary N) is 1. The van der Waals surface area contributed by atoms with E-state index in [1.165, 1.54) is 0 Å². The molecular weight excluding hydrogens is 319 g/mol. The molecule has 6 heteroatoms. The quantitative estimate of drug-likeness (QED) is 0.646. The second-order valence-electron chi connectivity index (χ2n) is 5.84. The van der Waals surface area contributed by atoms with Gasteiger partial charge >= 0.3 is 0 Å². The van der Waals surface area contributed by atoms with Crippen molar-refractivity contribution in [2.45, 2.75) is 43.2 Å². The van der Waals surface area contributed by atoms with Crippen molar-refractivity contribution in [2.24, 2.45) is 0 Å². The summed E-state index contributed by atoms with van der Waals surface area (Å²) in [6.07, 6.45) is -0.667. The average Bonchev–Trinajstić information content (AvgIpc) is 2.25. The molecule has 0 bridgehead atoms. The summed E-state index contributed by atoms with van der Waals surface area (Å²) < 4.78 is -1.59. The third-order valence-electron chi connectivity index (χ3n) is 2.70. The van der Waals surface area contributed by atoms with Crippen LogP contribution in [0, 0.1) is 6.92 Å². The molecule has 0 aliphatic rings. The second-order valence-corrected chi connectivity index (χ2v) is 8.21. The Morgan fingerprint density at radius 2 is 1.75 bits per heavy atom. The van der Waals surface area contributed by atoms with Crippen LogP contribution in [0.5, 0.6) is 0 Å². The van der Waals surface area contributed by atoms with Gasteiger partial charge in [-0.05, 0) is 39.3 Å². The molecule has 0 fully saturated rings. The minimum absolute atomic E-state index is 0.187. The van der Waals surface area contributed by atoms with Gasteiger partial charge < -0.3 is 5.32 Å². The van der Waals surface area contributed by atoms with E-state index in [-0.39, 0.29) is 11.4 Å². The van der Waals surface area contributed by atoms with Crippen LogP contribution in [0.15, 0.2) is 24.3 Å². The lowest BCUT2D eigenvalue weighted by molar-refractivity contribution is -0.749. The van der Waals surface area contributed by atoms with Gasteiger partial charge in [-0.3, -0.25) is 10.1 Å². The van der Waals surface area contributed by atoms with E-state index in [2.05, 4.69) is 5.32 Å².